The van der Waals surface area contributed by atoms with Crippen molar-refractivity contribution in [3.05, 3.63) is 76.7 Å². The van der Waals surface area contributed by atoms with Gasteiger partial charge in [0.05, 0.1) is 7.11 Å². The number of aryl methyl sites for hydroxylation is 1. The van der Waals surface area contributed by atoms with Crippen LogP contribution in [0.2, 0.25) is 0 Å². The summed E-state index contributed by atoms with van der Waals surface area (Å²) in [4.78, 5) is 29.3. The van der Waals surface area contributed by atoms with E-state index >= 15 is 0 Å². The molecule has 0 fully saturated rings. The van der Waals surface area contributed by atoms with Gasteiger partial charge < -0.3 is 10.1 Å². The molecule has 0 bridgehead atoms. The molecule has 0 spiro atoms. The van der Waals surface area contributed by atoms with E-state index in [0.29, 0.717) is 23.0 Å². The molecule has 0 saturated carbocycles. The monoisotopic (exact) mass is 349 g/mol. The van der Waals surface area contributed by atoms with Crippen molar-refractivity contribution in [3.63, 3.8) is 0 Å². The van der Waals surface area contributed by atoms with Gasteiger partial charge in [0, 0.05) is 23.0 Å². The van der Waals surface area contributed by atoms with Crippen molar-refractivity contribution < 1.29 is 9.53 Å². The van der Waals surface area contributed by atoms with Crippen LogP contribution in [0.3, 0.4) is 0 Å². The summed E-state index contributed by atoms with van der Waals surface area (Å²) >= 11 is 0. The van der Waals surface area contributed by atoms with E-state index in [-0.39, 0.29) is 18.0 Å². The fourth-order valence-corrected chi connectivity index (χ4v) is 2.60. The standard InChI is InChI=1S/C20H19N3O3/c1-14-12-19(25)23(13-18(24)22-16-6-4-3-5-7-16)20(21-14)15-8-10-17(26-2)11-9-15/h3-12H,13H2,1-2H3,(H,22,24). The van der Waals surface area contributed by atoms with Crippen LogP contribution in [0.5, 0.6) is 5.75 Å². The first kappa shape index (κ1) is 17.4. The highest BCUT2D eigenvalue weighted by molar-refractivity contribution is 5.90. The van der Waals surface area contributed by atoms with Gasteiger partial charge in [-0.25, -0.2) is 4.98 Å². The third kappa shape index (κ3) is 3.97. The van der Waals surface area contributed by atoms with Crippen molar-refractivity contribution in [3.8, 4) is 17.1 Å². The molecule has 0 radical (unpaired) electrons. The SMILES string of the molecule is COc1ccc(-c2nc(C)cc(=O)n2CC(=O)Nc2ccccc2)cc1. The van der Waals surface area contributed by atoms with Crippen LogP contribution >= 0.6 is 0 Å². The van der Waals surface area contributed by atoms with Gasteiger partial charge in [-0.3, -0.25) is 14.2 Å². The normalized spacial score (nSPS) is 10.4. The second-order valence-electron chi connectivity index (χ2n) is 5.79. The summed E-state index contributed by atoms with van der Waals surface area (Å²) in [7, 11) is 1.59. The van der Waals surface area contributed by atoms with E-state index in [1.807, 2.05) is 30.3 Å². The summed E-state index contributed by atoms with van der Waals surface area (Å²) in [6, 6.07) is 17.7. The summed E-state index contributed by atoms with van der Waals surface area (Å²) in [5.41, 5.74) is 1.74. The largest absolute Gasteiger partial charge is 0.497 e. The molecule has 1 aromatic heterocycles. The molecule has 3 aromatic rings. The van der Waals surface area contributed by atoms with Gasteiger partial charge in [0.25, 0.3) is 5.56 Å². The van der Waals surface area contributed by atoms with Crippen LogP contribution in [0, 0.1) is 6.92 Å². The number of anilines is 1. The van der Waals surface area contributed by atoms with Crippen molar-refractivity contribution >= 4 is 11.6 Å². The Morgan fingerprint density at radius 3 is 2.46 bits per heavy atom. The second-order valence-corrected chi connectivity index (χ2v) is 5.79. The predicted molar refractivity (Wildman–Crippen MR) is 100 cm³/mol. The highest BCUT2D eigenvalue weighted by Gasteiger charge is 2.13. The van der Waals surface area contributed by atoms with E-state index in [2.05, 4.69) is 10.3 Å². The van der Waals surface area contributed by atoms with Crippen LogP contribution in [0.25, 0.3) is 11.4 Å². The molecule has 0 atom stereocenters. The van der Waals surface area contributed by atoms with Gasteiger partial charge in [-0.15, -0.1) is 0 Å². The minimum atomic E-state index is -0.293. The number of methoxy groups -OCH3 is 1. The number of ether oxygens (including phenoxy) is 1. The average molecular weight is 349 g/mol. The number of nitrogens with zero attached hydrogens (tertiary/aromatic N) is 2. The first-order chi connectivity index (χ1) is 12.6. The Morgan fingerprint density at radius 2 is 1.81 bits per heavy atom. The number of rotatable bonds is 5. The molecule has 0 aliphatic carbocycles. The lowest BCUT2D eigenvalue weighted by Crippen LogP contribution is -2.29. The quantitative estimate of drug-likeness (QED) is 0.769. The molecular formula is C20H19N3O3. The Hall–Kier alpha value is -3.41. The summed E-state index contributed by atoms with van der Waals surface area (Å²) in [6.45, 7) is 1.63. The minimum absolute atomic E-state index is 0.123. The van der Waals surface area contributed by atoms with Crippen LogP contribution in [-0.2, 0) is 11.3 Å². The maximum Gasteiger partial charge on any atom is 0.254 e. The molecule has 132 valence electrons. The van der Waals surface area contributed by atoms with Crippen molar-refractivity contribution in [2.24, 2.45) is 0 Å². The number of carbonyl (C=O) groups excluding carboxylic acids is 1. The fourth-order valence-electron chi connectivity index (χ4n) is 2.60. The van der Waals surface area contributed by atoms with Gasteiger partial charge in [-0.05, 0) is 43.3 Å². The van der Waals surface area contributed by atoms with Gasteiger partial charge in [-0.1, -0.05) is 18.2 Å². The van der Waals surface area contributed by atoms with Gasteiger partial charge in [0.1, 0.15) is 18.1 Å². The van der Waals surface area contributed by atoms with Crippen molar-refractivity contribution in [2.75, 3.05) is 12.4 Å². The van der Waals surface area contributed by atoms with Gasteiger partial charge in [0.2, 0.25) is 5.91 Å². The van der Waals surface area contributed by atoms with Crippen LogP contribution in [0.15, 0.2) is 65.5 Å². The first-order valence-corrected chi connectivity index (χ1v) is 8.14. The molecule has 0 aliphatic heterocycles. The number of amides is 1. The number of benzene rings is 2. The van der Waals surface area contributed by atoms with Crippen LogP contribution < -0.4 is 15.6 Å². The number of hydrogen-bond donors (Lipinski definition) is 1. The Balaban J connectivity index is 1.93. The Kier molecular flexibility index (Phi) is 5.12. The van der Waals surface area contributed by atoms with E-state index < -0.39 is 0 Å². The summed E-state index contributed by atoms with van der Waals surface area (Å²) in [5, 5.41) is 2.78. The molecule has 1 amide bonds. The molecule has 26 heavy (non-hydrogen) atoms. The Bertz CT molecular complexity index is 964. The van der Waals surface area contributed by atoms with Crippen LogP contribution in [-0.4, -0.2) is 22.6 Å². The molecule has 1 heterocycles. The van der Waals surface area contributed by atoms with Crippen molar-refractivity contribution in [2.45, 2.75) is 13.5 Å². The molecule has 6 nitrogen and oxygen atoms in total. The zero-order valence-corrected chi connectivity index (χ0v) is 14.6. The number of para-hydroxylation sites is 1. The van der Waals surface area contributed by atoms with Crippen molar-refractivity contribution in [1.82, 2.24) is 9.55 Å². The van der Waals surface area contributed by atoms with E-state index in [9.17, 15) is 9.59 Å². The fraction of sp³-hybridized carbons (Fsp3) is 0.150. The van der Waals surface area contributed by atoms with Gasteiger partial charge >= 0.3 is 0 Å². The molecule has 0 aliphatic rings. The molecule has 6 heteroatoms. The van der Waals surface area contributed by atoms with E-state index in [0.717, 1.165) is 5.56 Å². The highest BCUT2D eigenvalue weighted by atomic mass is 16.5. The zero-order chi connectivity index (χ0) is 18.5. The molecular weight excluding hydrogens is 330 g/mol. The maximum absolute atomic E-state index is 12.5. The second kappa shape index (κ2) is 7.65. The summed E-state index contributed by atoms with van der Waals surface area (Å²) in [5.74, 6) is 0.858. The Morgan fingerprint density at radius 1 is 1.12 bits per heavy atom. The Labute approximate surface area is 151 Å². The molecule has 3 rings (SSSR count). The molecule has 0 unspecified atom stereocenters. The molecule has 0 saturated heterocycles. The summed E-state index contributed by atoms with van der Waals surface area (Å²) in [6.07, 6.45) is 0. The van der Waals surface area contributed by atoms with Gasteiger partial charge in [-0.2, -0.15) is 0 Å². The molecule has 1 N–H and O–H groups in total. The topological polar surface area (TPSA) is 73.2 Å². The van der Waals surface area contributed by atoms with E-state index in [1.54, 1.807) is 38.3 Å². The number of aromatic nitrogens is 2. The average Bonchev–Trinajstić information content (AvgIpc) is 2.64. The van der Waals surface area contributed by atoms with E-state index in [4.69, 9.17) is 4.74 Å². The lowest BCUT2D eigenvalue weighted by Gasteiger charge is -2.13. The highest BCUT2D eigenvalue weighted by Crippen LogP contribution is 2.20. The van der Waals surface area contributed by atoms with Crippen LogP contribution in [0.1, 0.15) is 5.69 Å². The number of carbonyl (C=O) groups is 1. The van der Waals surface area contributed by atoms with Crippen molar-refractivity contribution in [1.29, 1.82) is 0 Å². The lowest BCUT2D eigenvalue weighted by molar-refractivity contribution is -0.116. The third-order valence-electron chi connectivity index (χ3n) is 3.84. The summed E-state index contributed by atoms with van der Waals surface area (Å²) < 4.78 is 6.53. The zero-order valence-electron chi connectivity index (χ0n) is 14.6. The maximum atomic E-state index is 12.5. The third-order valence-corrected chi connectivity index (χ3v) is 3.84. The number of nitrogens with one attached hydrogen (secondary N) is 1. The van der Waals surface area contributed by atoms with E-state index in [1.165, 1.54) is 10.6 Å². The number of hydrogen-bond acceptors (Lipinski definition) is 4. The van der Waals surface area contributed by atoms with Crippen LogP contribution in [0.4, 0.5) is 5.69 Å². The smallest absolute Gasteiger partial charge is 0.254 e. The minimum Gasteiger partial charge on any atom is -0.497 e. The van der Waals surface area contributed by atoms with Gasteiger partial charge in [0.15, 0.2) is 0 Å². The molecule has 2 aromatic carbocycles. The lowest BCUT2D eigenvalue weighted by atomic mass is 10.2. The predicted octanol–water partition coefficient (Wildman–Crippen LogP) is 2.87. The first-order valence-electron chi connectivity index (χ1n) is 8.14.